The van der Waals surface area contributed by atoms with Crippen molar-refractivity contribution in [1.82, 2.24) is 25.9 Å². The van der Waals surface area contributed by atoms with E-state index in [-0.39, 0.29) is 31.8 Å². The Kier molecular flexibility index (Phi) is 13.2. The maximum absolute atomic E-state index is 13.1. The molecule has 4 atom stereocenters. The van der Waals surface area contributed by atoms with Crippen LogP contribution in [0.2, 0.25) is 0 Å². The number of nitrogens with one attached hydrogen (secondary N) is 4. The number of carbonyl (C=O) groups excluding carboxylic acids is 3. The number of imidazole rings is 1. The predicted octanol–water partition coefficient (Wildman–Crippen LogP) is -2.61. The molecule has 0 aliphatic heterocycles. The van der Waals surface area contributed by atoms with Crippen molar-refractivity contribution in [2.45, 2.75) is 70.1 Å². The molecule has 212 valence electrons. The van der Waals surface area contributed by atoms with Crippen molar-refractivity contribution in [3.8, 4) is 0 Å². The first-order valence-electron chi connectivity index (χ1n) is 12.0. The van der Waals surface area contributed by atoms with Gasteiger partial charge in [-0.15, -0.1) is 0 Å². The van der Waals surface area contributed by atoms with Crippen molar-refractivity contribution in [2.24, 2.45) is 28.1 Å². The molecule has 1 heterocycles. The number of aromatic amines is 1. The van der Waals surface area contributed by atoms with Gasteiger partial charge >= 0.3 is 11.9 Å². The third-order valence-corrected chi connectivity index (χ3v) is 5.42. The van der Waals surface area contributed by atoms with E-state index < -0.39 is 66.2 Å². The molecular weight excluding hydrogens is 502 g/mol. The number of nitrogens with two attached hydrogens (primary N) is 3. The zero-order valence-corrected chi connectivity index (χ0v) is 21.3. The van der Waals surface area contributed by atoms with E-state index in [1.165, 1.54) is 12.5 Å². The van der Waals surface area contributed by atoms with E-state index in [1.807, 2.05) is 0 Å². The van der Waals surface area contributed by atoms with Gasteiger partial charge in [0.2, 0.25) is 17.7 Å². The van der Waals surface area contributed by atoms with Crippen molar-refractivity contribution in [1.29, 1.82) is 0 Å². The van der Waals surface area contributed by atoms with E-state index in [0.29, 0.717) is 12.1 Å². The van der Waals surface area contributed by atoms with Gasteiger partial charge in [-0.05, 0) is 25.2 Å². The SMILES string of the molecule is CC(C)C(NC(=O)C(N)CCCN=C(N)N)C(=O)NC(Cc1cnc[nH]1)C(=O)NC(CCC(=O)O)C(=O)O. The van der Waals surface area contributed by atoms with Gasteiger partial charge in [-0.3, -0.25) is 24.2 Å². The topological polar surface area (TPSA) is 281 Å². The fourth-order valence-electron chi connectivity index (χ4n) is 3.33. The number of carboxylic acids is 2. The average Bonchev–Trinajstić information content (AvgIpc) is 3.34. The first kappa shape index (κ1) is 31.8. The fourth-order valence-corrected chi connectivity index (χ4v) is 3.33. The standard InChI is InChI=1S/C22H37N9O7/c1-11(2)17(31-18(34)13(23)4-3-7-27-22(24)25)20(36)30-15(8-12-9-26-10-28-12)19(35)29-14(21(37)38)5-6-16(32)33/h9-11,13-15,17H,3-8,23H2,1-2H3,(H,26,28)(H,29,35)(H,30,36)(H,31,34)(H,32,33)(H,37,38)(H4,24,25,27). The zero-order valence-electron chi connectivity index (χ0n) is 21.3. The molecule has 0 aliphatic rings. The highest BCUT2D eigenvalue weighted by atomic mass is 16.4. The first-order chi connectivity index (χ1) is 17.8. The van der Waals surface area contributed by atoms with Crippen molar-refractivity contribution in [2.75, 3.05) is 6.54 Å². The van der Waals surface area contributed by atoms with Gasteiger partial charge in [-0.1, -0.05) is 13.8 Å². The van der Waals surface area contributed by atoms with Crippen molar-refractivity contribution < 1.29 is 34.2 Å². The smallest absolute Gasteiger partial charge is 0.326 e. The number of guanidine groups is 1. The van der Waals surface area contributed by atoms with Crippen LogP contribution in [0.1, 0.15) is 45.2 Å². The monoisotopic (exact) mass is 539 g/mol. The second-order valence-electron chi connectivity index (χ2n) is 8.96. The molecule has 0 bridgehead atoms. The number of nitrogens with zero attached hydrogens (tertiary/aromatic N) is 2. The molecule has 0 aromatic carbocycles. The Morgan fingerprint density at radius 2 is 1.66 bits per heavy atom. The predicted molar refractivity (Wildman–Crippen MR) is 135 cm³/mol. The minimum atomic E-state index is -1.49. The summed E-state index contributed by atoms with van der Waals surface area (Å²) in [7, 11) is 0. The van der Waals surface area contributed by atoms with Crippen LogP contribution < -0.4 is 33.2 Å². The van der Waals surface area contributed by atoms with Crippen molar-refractivity contribution >= 4 is 35.6 Å². The van der Waals surface area contributed by atoms with Crippen molar-refractivity contribution in [3.63, 3.8) is 0 Å². The molecule has 0 saturated heterocycles. The fraction of sp³-hybridized carbons (Fsp3) is 0.591. The van der Waals surface area contributed by atoms with Crippen LogP contribution in [0.3, 0.4) is 0 Å². The lowest BCUT2D eigenvalue weighted by atomic mass is 10.0. The third kappa shape index (κ3) is 11.7. The van der Waals surface area contributed by atoms with Gasteiger partial charge in [-0.25, -0.2) is 9.78 Å². The van der Waals surface area contributed by atoms with E-state index in [9.17, 15) is 29.1 Å². The molecule has 0 aliphatic carbocycles. The van der Waals surface area contributed by atoms with Crippen LogP contribution in [0.5, 0.6) is 0 Å². The first-order valence-corrected chi connectivity index (χ1v) is 12.0. The Balaban J connectivity index is 2.95. The number of rotatable bonds is 17. The maximum atomic E-state index is 13.1. The lowest BCUT2D eigenvalue weighted by Crippen LogP contribution is -2.58. The van der Waals surface area contributed by atoms with Crippen LogP contribution in [0.4, 0.5) is 0 Å². The van der Waals surface area contributed by atoms with Gasteiger partial charge in [0, 0.05) is 31.3 Å². The second-order valence-corrected chi connectivity index (χ2v) is 8.96. The Hall–Kier alpha value is -4.21. The molecule has 1 aromatic heterocycles. The van der Waals surface area contributed by atoms with Gasteiger partial charge in [0.1, 0.15) is 18.1 Å². The Bertz CT molecular complexity index is 978. The number of aromatic nitrogens is 2. The van der Waals surface area contributed by atoms with E-state index in [2.05, 4.69) is 30.9 Å². The number of amides is 3. The van der Waals surface area contributed by atoms with Crippen LogP contribution in [0.15, 0.2) is 17.5 Å². The number of carbonyl (C=O) groups is 5. The summed E-state index contributed by atoms with van der Waals surface area (Å²) in [5, 5.41) is 25.6. The van der Waals surface area contributed by atoms with Gasteiger partial charge < -0.3 is 48.3 Å². The summed E-state index contributed by atoms with van der Waals surface area (Å²) in [6, 6.07) is -4.75. The number of aliphatic carboxylic acids is 2. The second kappa shape index (κ2) is 15.8. The van der Waals surface area contributed by atoms with Gasteiger partial charge in [-0.2, -0.15) is 0 Å². The van der Waals surface area contributed by atoms with E-state index in [4.69, 9.17) is 22.3 Å². The zero-order chi connectivity index (χ0) is 28.8. The lowest BCUT2D eigenvalue weighted by Gasteiger charge is -2.27. The Morgan fingerprint density at radius 1 is 1.00 bits per heavy atom. The molecular formula is C22H37N9O7. The molecule has 12 N–H and O–H groups in total. The Morgan fingerprint density at radius 3 is 2.18 bits per heavy atom. The van der Waals surface area contributed by atoms with Gasteiger partial charge in [0.25, 0.3) is 0 Å². The quantitative estimate of drug-likeness (QED) is 0.0561. The maximum Gasteiger partial charge on any atom is 0.326 e. The average molecular weight is 540 g/mol. The summed E-state index contributed by atoms with van der Waals surface area (Å²) in [5.41, 5.74) is 16.9. The highest BCUT2D eigenvalue weighted by Gasteiger charge is 2.32. The largest absolute Gasteiger partial charge is 0.481 e. The number of carboxylic acid groups (broad SMARTS) is 2. The molecule has 16 nitrogen and oxygen atoms in total. The highest BCUT2D eigenvalue weighted by molar-refractivity contribution is 5.94. The molecule has 1 aromatic rings. The van der Waals surface area contributed by atoms with Crippen LogP contribution >= 0.6 is 0 Å². The molecule has 0 fully saturated rings. The van der Waals surface area contributed by atoms with Crippen LogP contribution in [0, 0.1) is 5.92 Å². The highest BCUT2D eigenvalue weighted by Crippen LogP contribution is 2.07. The Labute approximate surface area is 219 Å². The number of hydrogen-bond acceptors (Lipinski definition) is 8. The van der Waals surface area contributed by atoms with E-state index >= 15 is 0 Å². The molecule has 4 unspecified atom stereocenters. The minimum absolute atomic E-state index is 0.0775. The summed E-state index contributed by atoms with van der Waals surface area (Å²) < 4.78 is 0. The number of H-pyrrole nitrogens is 1. The van der Waals surface area contributed by atoms with Crippen LogP contribution in [-0.4, -0.2) is 86.5 Å². The van der Waals surface area contributed by atoms with Crippen molar-refractivity contribution in [3.05, 3.63) is 18.2 Å². The molecule has 1 rings (SSSR count). The summed E-state index contributed by atoms with van der Waals surface area (Å²) >= 11 is 0. The summed E-state index contributed by atoms with van der Waals surface area (Å²) in [4.78, 5) is 71.6. The lowest BCUT2D eigenvalue weighted by molar-refractivity contribution is -0.143. The summed E-state index contributed by atoms with van der Waals surface area (Å²) in [5.74, 6) is -5.26. The number of hydrogen-bond donors (Lipinski definition) is 9. The van der Waals surface area contributed by atoms with Gasteiger partial charge in [0.15, 0.2) is 5.96 Å². The molecule has 0 spiro atoms. The molecule has 0 saturated carbocycles. The molecule has 38 heavy (non-hydrogen) atoms. The molecule has 16 heteroatoms. The summed E-state index contributed by atoms with van der Waals surface area (Å²) in [6.07, 6.45) is 2.57. The normalized spacial score (nSPS) is 14.0. The number of aliphatic imine (C=N–C) groups is 1. The van der Waals surface area contributed by atoms with Gasteiger partial charge in [0.05, 0.1) is 12.4 Å². The van der Waals surface area contributed by atoms with Crippen LogP contribution in [-0.2, 0) is 30.4 Å². The molecule has 0 radical (unpaired) electrons. The minimum Gasteiger partial charge on any atom is -0.481 e. The third-order valence-electron chi connectivity index (χ3n) is 5.42. The van der Waals surface area contributed by atoms with Crippen LogP contribution in [0.25, 0.3) is 0 Å². The van der Waals surface area contributed by atoms with E-state index in [1.54, 1.807) is 13.8 Å². The molecule has 3 amide bonds. The summed E-state index contributed by atoms with van der Waals surface area (Å²) in [6.45, 7) is 3.65. The van der Waals surface area contributed by atoms with E-state index in [0.717, 1.165) is 0 Å².